The van der Waals surface area contributed by atoms with Crippen LogP contribution < -0.4 is 19.3 Å². The molecule has 1 aliphatic rings. The molecular weight excluding hydrogens is 490 g/mol. The molecule has 3 aromatic rings. The van der Waals surface area contributed by atoms with Crippen LogP contribution in [0.1, 0.15) is 12.8 Å². The maximum Gasteiger partial charge on any atom is 0.264 e. The number of carbonyl (C=O) groups is 2. The van der Waals surface area contributed by atoms with E-state index in [2.05, 4.69) is 5.32 Å². The van der Waals surface area contributed by atoms with Gasteiger partial charge < -0.3 is 15.0 Å². The number of amides is 2. The van der Waals surface area contributed by atoms with E-state index in [9.17, 15) is 18.0 Å². The zero-order valence-corrected chi connectivity index (χ0v) is 20.6. The number of hydrogen-bond acceptors (Lipinski definition) is 5. The molecule has 0 spiro atoms. The van der Waals surface area contributed by atoms with Gasteiger partial charge in [0, 0.05) is 24.3 Å². The van der Waals surface area contributed by atoms with Gasteiger partial charge in [-0.3, -0.25) is 13.9 Å². The first-order valence-corrected chi connectivity index (χ1v) is 12.7. The number of nitrogens with one attached hydrogen (secondary N) is 1. The van der Waals surface area contributed by atoms with Crippen molar-refractivity contribution in [3.63, 3.8) is 0 Å². The minimum Gasteiger partial charge on any atom is -0.495 e. The number of sulfonamides is 1. The van der Waals surface area contributed by atoms with Gasteiger partial charge in [-0.25, -0.2) is 8.42 Å². The van der Waals surface area contributed by atoms with Crippen molar-refractivity contribution in [2.45, 2.75) is 17.7 Å². The Bertz CT molecular complexity index is 1330. The molecule has 0 aromatic heterocycles. The molecule has 8 nitrogen and oxygen atoms in total. The number of ether oxygens (including phenoxy) is 1. The van der Waals surface area contributed by atoms with Gasteiger partial charge in [-0.05, 0) is 61.0 Å². The van der Waals surface area contributed by atoms with Crippen molar-refractivity contribution in [3.8, 4) is 5.75 Å². The first-order chi connectivity index (χ1) is 16.8. The standard InChI is InChI=1S/C25H24ClN3O5S/c1-34-23-14-13-20(16-22(23)26)29(35(32,33)21-6-3-2-4-7-21)17-24(30)27-18-9-11-19(12-10-18)28-15-5-8-25(28)31/h2-4,6-7,9-14,16H,5,8,15,17H2,1H3,(H,27,30). The number of halogens is 1. The number of benzene rings is 3. The van der Waals surface area contributed by atoms with Crippen LogP contribution in [0.5, 0.6) is 5.75 Å². The Morgan fingerprint density at radius 1 is 1.09 bits per heavy atom. The highest BCUT2D eigenvalue weighted by Gasteiger charge is 2.28. The molecule has 0 saturated carbocycles. The molecule has 2 amide bonds. The third-order valence-electron chi connectivity index (χ3n) is 5.58. The predicted octanol–water partition coefficient (Wildman–Crippen LogP) is 4.31. The Balaban J connectivity index is 1.57. The number of carbonyl (C=O) groups excluding carboxylic acids is 2. The number of anilines is 3. The van der Waals surface area contributed by atoms with E-state index in [0.717, 1.165) is 16.4 Å². The van der Waals surface area contributed by atoms with Crippen LogP contribution in [0.4, 0.5) is 17.1 Å². The molecule has 35 heavy (non-hydrogen) atoms. The lowest BCUT2D eigenvalue weighted by atomic mass is 10.2. The third-order valence-corrected chi connectivity index (χ3v) is 7.66. The SMILES string of the molecule is COc1ccc(N(CC(=O)Nc2ccc(N3CCCC3=O)cc2)S(=O)(=O)c2ccccc2)cc1Cl. The monoisotopic (exact) mass is 513 g/mol. The molecule has 1 saturated heterocycles. The lowest BCUT2D eigenvalue weighted by Gasteiger charge is -2.24. The van der Waals surface area contributed by atoms with Crippen molar-refractivity contribution in [2.24, 2.45) is 0 Å². The summed E-state index contributed by atoms with van der Waals surface area (Å²) in [5.41, 5.74) is 1.46. The van der Waals surface area contributed by atoms with Crippen molar-refractivity contribution < 1.29 is 22.7 Å². The van der Waals surface area contributed by atoms with Crippen LogP contribution in [0.3, 0.4) is 0 Å². The van der Waals surface area contributed by atoms with E-state index >= 15 is 0 Å². The average molecular weight is 514 g/mol. The molecule has 10 heteroatoms. The maximum absolute atomic E-state index is 13.4. The van der Waals surface area contributed by atoms with Crippen molar-refractivity contribution in [2.75, 3.05) is 34.7 Å². The van der Waals surface area contributed by atoms with Gasteiger partial charge in [0.25, 0.3) is 10.0 Å². The van der Waals surface area contributed by atoms with E-state index in [0.29, 0.717) is 24.4 Å². The summed E-state index contributed by atoms with van der Waals surface area (Å²) in [6.07, 6.45) is 1.35. The summed E-state index contributed by atoms with van der Waals surface area (Å²) < 4.78 is 33.0. The van der Waals surface area contributed by atoms with Crippen LogP contribution in [0.2, 0.25) is 5.02 Å². The molecule has 1 aliphatic heterocycles. The first kappa shape index (κ1) is 24.6. The summed E-state index contributed by atoms with van der Waals surface area (Å²) in [6.45, 7) is 0.188. The molecule has 3 aromatic carbocycles. The van der Waals surface area contributed by atoms with Crippen LogP contribution in [-0.2, 0) is 19.6 Å². The average Bonchev–Trinajstić information content (AvgIpc) is 3.29. The Kier molecular flexibility index (Phi) is 7.28. The fraction of sp³-hybridized carbons (Fsp3) is 0.200. The van der Waals surface area contributed by atoms with E-state index in [1.165, 1.54) is 31.4 Å². The highest BCUT2D eigenvalue weighted by molar-refractivity contribution is 7.92. The van der Waals surface area contributed by atoms with Gasteiger partial charge in [0.1, 0.15) is 12.3 Å². The van der Waals surface area contributed by atoms with Crippen molar-refractivity contribution >= 4 is 50.5 Å². The second-order valence-electron chi connectivity index (χ2n) is 7.89. The summed E-state index contributed by atoms with van der Waals surface area (Å²) in [5.74, 6) is -0.0864. The molecule has 0 unspecified atom stereocenters. The van der Waals surface area contributed by atoms with Crippen molar-refractivity contribution in [1.82, 2.24) is 0 Å². The predicted molar refractivity (Wildman–Crippen MR) is 136 cm³/mol. The van der Waals surface area contributed by atoms with Gasteiger partial charge in [0.15, 0.2) is 0 Å². The molecule has 0 aliphatic carbocycles. The zero-order valence-electron chi connectivity index (χ0n) is 19.0. The second-order valence-corrected chi connectivity index (χ2v) is 10.2. The first-order valence-electron chi connectivity index (χ1n) is 10.9. The van der Waals surface area contributed by atoms with E-state index in [1.54, 1.807) is 53.4 Å². The minimum absolute atomic E-state index is 0.0411. The molecule has 4 rings (SSSR count). The molecule has 0 radical (unpaired) electrons. The number of nitrogens with zero attached hydrogens (tertiary/aromatic N) is 2. The molecular formula is C25H24ClN3O5S. The number of hydrogen-bond donors (Lipinski definition) is 1. The second kappa shape index (κ2) is 10.4. The smallest absolute Gasteiger partial charge is 0.264 e. The normalized spacial score (nSPS) is 13.5. The van der Waals surface area contributed by atoms with E-state index in [1.807, 2.05) is 0 Å². The quantitative estimate of drug-likeness (QED) is 0.484. The summed E-state index contributed by atoms with van der Waals surface area (Å²) in [5, 5.41) is 2.94. The van der Waals surface area contributed by atoms with E-state index < -0.39 is 22.5 Å². The Morgan fingerprint density at radius 2 is 1.80 bits per heavy atom. The van der Waals surface area contributed by atoms with Gasteiger partial charge in [0.05, 0.1) is 22.7 Å². The highest BCUT2D eigenvalue weighted by Crippen LogP contribution is 2.32. The van der Waals surface area contributed by atoms with Gasteiger partial charge in [-0.1, -0.05) is 29.8 Å². The van der Waals surface area contributed by atoms with E-state index in [4.69, 9.17) is 16.3 Å². The molecule has 0 atom stereocenters. The Hall–Kier alpha value is -3.56. The Morgan fingerprint density at radius 3 is 2.40 bits per heavy atom. The molecule has 1 N–H and O–H groups in total. The molecule has 1 fully saturated rings. The van der Waals surface area contributed by atoms with Gasteiger partial charge in [0.2, 0.25) is 11.8 Å². The fourth-order valence-electron chi connectivity index (χ4n) is 3.82. The fourth-order valence-corrected chi connectivity index (χ4v) is 5.51. The van der Waals surface area contributed by atoms with Crippen LogP contribution in [0.15, 0.2) is 77.7 Å². The molecule has 0 bridgehead atoms. The van der Waals surface area contributed by atoms with Crippen LogP contribution in [-0.4, -0.2) is 40.4 Å². The van der Waals surface area contributed by atoms with Crippen LogP contribution in [0, 0.1) is 0 Å². The minimum atomic E-state index is -4.07. The van der Waals surface area contributed by atoms with Gasteiger partial charge >= 0.3 is 0 Å². The number of rotatable bonds is 8. The van der Waals surface area contributed by atoms with Crippen molar-refractivity contribution in [3.05, 3.63) is 77.8 Å². The molecule has 1 heterocycles. The molecule has 182 valence electrons. The summed E-state index contributed by atoms with van der Waals surface area (Å²) in [6, 6.07) is 19.2. The van der Waals surface area contributed by atoms with Crippen LogP contribution >= 0.6 is 11.6 Å². The van der Waals surface area contributed by atoms with E-state index in [-0.39, 0.29) is 21.5 Å². The summed E-state index contributed by atoms with van der Waals surface area (Å²) in [7, 11) is -2.62. The summed E-state index contributed by atoms with van der Waals surface area (Å²) >= 11 is 6.24. The third kappa shape index (κ3) is 5.41. The summed E-state index contributed by atoms with van der Waals surface area (Å²) in [4.78, 5) is 26.6. The Labute approximate surface area is 209 Å². The maximum atomic E-state index is 13.4. The number of methoxy groups -OCH3 is 1. The highest BCUT2D eigenvalue weighted by atomic mass is 35.5. The van der Waals surface area contributed by atoms with Gasteiger partial charge in [-0.15, -0.1) is 0 Å². The lowest BCUT2D eigenvalue weighted by Crippen LogP contribution is -2.38. The van der Waals surface area contributed by atoms with Gasteiger partial charge in [-0.2, -0.15) is 0 Å². The zero-order chi connectivity index (χ0) is 25.0. The largest absolute Gasteiger partial charge is 0.495 e. The topological polar surface area (TPSA) is 96.0 Å². The van der Waals surface area contributed by atoms with Crippen LogP contribution in [0.25, 0.3) is 0 Å². The van der Waals surface area contributed by atoms with Crippen molar-refractivity contribution in [1.29, 1.82) is 0 Å². The lowest BCUT2D eigenvalue weighted by molar-refractivity contribution is -0.117.